The van der Waals surface area contributed by atoms with Gasteiger partial charge in [-0.25, -0.2) is 4.98 Å². The molecule has 0 unspecified atom stereocenters. The first-order chi connectivity index (χ1) is 5.75. The van der Waals surface area contributed by atoms with Crippen molar-refractivity contribution in [2.24, 2.45) is 0 Å². The molecule has 0 N–H and O–H groups in total. The van der Waals surface area contributed by atoms with Gasteiger partial charge in [-0.05, 0) is 12.8 Å². The molecular weight excluding hydrogens is 197 g/mol. The number of pyridine rings is 1. The highest BCUT2D eigenvalue weighted by molar-refractivity contribution is 6.41. The normalized spacial score (nSPS) is 16.2. The first-order valence-corrected chi connectivity index (χ1v) is 4.49. The minimum Gasteiger partial charge on any atom is -0.489 e. The Bertz CT molecular complexity index is 299. The standard InChI is InChI=1S/C8H7Cl2NO/c9-7-3-6(4-11-8(7)10)12-5-1-2-5/h3-5H,1-2H2. The van der Waals surface area contributed by atoms with Crippen LogP contribution in [0.15, 0.2) is 12.3 Å². The van der Waals surface area contributed by atoms with E-state index >= 15 is 0 Å². The summed E-state index contributed by atoms with van der Waals surface area (Å²) in [5.74, 6) is 0.701. The molecule has 0 aromatic carbocycles. The Hall–Kier alpha value is -0.470. The topological polar surface area (TPSA) is 22.1 Å². The van der Waals surface area contributed by atoms with Crippen LogP contribution in [0.1, 0.15) is 12.8 Å². The monoisotopic (exact) mass is 203 g/mol. The molecule has 0 atom stereocenters. The van der Waals surface area contributed by atoms with E-state index in [0.717, 1.165) is 12.8 Å². The Labute approximate surface area is 80.5 Å². The molecule has 0 amide bonds. The number of hydrogen-bond acceptors (Lipinski definition) is 2. The molecule has 0 radical (unpaired) electrons. The molecule has 0 bridgehead atoms. The second-order valence-corrected chi connectivity index (χ2v) is 3.53. The molecule has 1 aliphatic carbocycles. The summed E-state index contributed by atoms with van der Waals surface area (Å²) < 4.78 is 5.46. The van der Waals surface area contributed by atoms with Crippen molar-refractivity contribution in [2.75, 3.05) is 0 Å². The fraction of sp³-hybridized carbons (Fsp3) is 0.375. The largest absolute Gasteiger partial charge is 0.489 e. The summed E-state index contributed by atoms with van der Waals surface area (Å²) in [6, 6.07) is 1.69. The van der Waals surface area contributed by atoms with E-state index in [1.165, 1.54) is 0 Å². The van der Waals surface area contributed by atoms with E-state index in [-0.39, 0.29) is 0 Å². The fourth-order valence-electron chi connectivity index (χ4n) is 0.846. The Morgan fingerprint density at radius 3 is 2.75 bits per heavy atom. The predicted molar refractivity (Wildman–Crippen MR) is 47.9 cm³/mol. The number of halogens is 2. The van der Waals surface area contributed by atoms with Gasteiger partial charge in [0.15, 0.2) is 0 Å². The lowest BCUT2D eigenvalue weighted by molar-refractivity contribution is 0.302. The zero-order valence-electron chi connectivity index (χ0n) is 6.26. The molecular formula is C8H7Cl2NO. The number of ether oxygens (including phenoxy) is 1. The van der Waals surface area contributed by atoms with Crippen LogP contribution in [-0.4, -0.2) is 11.1 Å². The van der Waals surface area contributed by atoms with E-state index < -0.39 is 0 Å². The summed E-state index contributed by atoms with van der Waals surface area (Å²) >= 11 is 11.4. The molecule has 0 aliphatic heterocycles. The van der Waals surface area contributed by atoms with E-state index in [1.54, 1.807) is 12.3 Å². The van der Waals surface area contributed by atoms with Gasteiger partial charge < -0.3 is 4.74 Å². The second-order valence-electron chi connectivity index (χ2n) is 2.76. The minimum atomic E-state index is 0.319. The van der Waals surface area contributed by atoms with Crippen LogP contribution in [0.25, 0.3) is 0 Å². The van der Waals surface area contributed by atoms with E-state index in [9.17, 15) is 0 Å². The van der Waals surface area contributed by atoms with Crippen LogP contribution in [0.4, 0.5) is 0 Å². The molecule has 0 saturated heterocycles. The molecule has 2 rings (SSSR count). The van der Waals surface area contributed by atoms with Gasteiger partial charge in [0.05, 0.1) is 17.3 Å². The highest BCUT2D eigenvalue weighted by Gasteiger charge is 2.23. The van der Waals surface area contributed by atoms with Gasteiger partial charge >= 0.3 is 0 Å². The van der Waals surface area contributed by atoms with Crippen molar-refractivity contribution < 1.29 is 4.74 Å². The van der Waals surface area contributed by atoms with Gasteiger partial charge in [0, 0.05) is 6.07 Å². The molecule has 64 valence electrons. The zero-order chi connectivity index (χ0) is 8.55. The summed E-state index contributed by atoms with van der Waals surface area (Å²) in [5, 5.41) is 0.759. The van der Waals surface area contributed by atoms with E-state index in [1.807, 2.05) is 0 Å². The van der Waals surface area contributed by atoms with Crippen LogP contribution in [0.3, 0.4) is 0 Å². The van der Waals surface area contributed by atoms with Crippen LogP contribution in [0, 0.1) is 0 Å². The molecule has 1 fully saturated rings. The van der Waals surface area contributed by atoms with Crippen molar-refractivity contribution in [3.8, 4) is 5.75 Å². The quantitative estimate of drug-likeness (QED) is 0.691. The van der Waals surface area contributed by atoms with Gasteiger partial charge in [0.2, 0.25) is 0 Å². The average molecular weight is 204 g/mol. The van der Waals surface area contributed by atoms with E-state index in [2.05, 4.69) is 4.98 Å². The summed E-state index contributed by atoms with van der Waals surface area (Å²) in [6.45, 7) is 0. The van der Waals surface area contributed by atoms with E-state index in [0.29, 0.717) is 22.0 Å². The van der Waals surface area contributed by atoms with E-state index in [4.69, 9.17) is 27.9 Å². The number of hydrogen-bond donors (Lipinski definition) is 0. The van der Waals surface area contributed by atoms with Crippen LogP contribution in [-0.2, 0) is 0 Å². The molecule has 1 heterocycles. The third-order valence-electron chi connectivity index (χ3n) is 1.60. The third-order valence-corrected chi connectivity index (χ3v) is 2.28. The van der Waals surface area contributed by atoms with Crippen LogP contribution >= 0.6 is 23.2 Å². The van der Waals surface area contributed by atoms with Crippen LogP contribution < -0.4 is 4.74 Å². The molecule has 1 saturated carbocycles. The summed E-state index contributed by atoms with van der Waals surface area (Å²) in [7, 11) is 0. The van der Waals surface area contributed by atoms with Crippen molar-refractivity contribution >= 4 is 23.2 Å². The molecule has 0 spiro atoms. The highest BCUT2D eigenvalue weighted by atomic mass is 35.5. The summed E-state index contributed by atoms with van der Waals surface area (Å²) in [6.07, 6.45) is 4.21. The van der Waals surface area contributed by atoms with Crippen LogP contribution in [0.2, 0.25) is 10.2 Å². The highest BCUT2D eigenvalue weighted by Crippen LogP contribution is 2.29. The third kappa shape index (κ3) is 1.82. The van der Waals surface area contributed by atoms with Gasteiger partial charge in [-0.2, -0.15) is 0 Å². The first kappa shape index (κ1) is 8.14. The fourth-order valence-corrected chi connectivity index (χ4v) is 1.11. The van der Waals surface area contributed by atoms with Gasteiger partial charge in [-0.1, -0.05) is 23.2 Å². The Balaban J connectivity index is 2.15. The molecule has 1 aromatic heterocycles. The molecule has 1 aliphatic rings. The van der Waals surface area contributed by atoms with Crippen molar-refractivity contribution in [3.05, 3.63) is 22.4 Å². The molecule has 4 heteroatoms. The second kappa shape index (κ2) is 3.11. The lowest BCUT2D eigenvalue weighted by atomic mass is 10.4. The maximum absolute atomic E-state index is 5.74. The average Bonchev–Trinajstić information content (AvgIpc) is 2.81. The van der Waals surface area contributed by atoms with Crippen molar-refractivity contribution in [1.82, 2.24) is 4.98 Å². The van der Waals surface area contributed by atoms with Crippen molar-refractivity contribution in [3.63, 3.8) is 0 Å². The van der Waals surface area contributed by atoms with Crippen LogP contribution in [0.5, 0.6) is 5.75 Å². The van der Waals surface area contributed by atoms with Gasteiger partial charge in [0.25, 0.3) is 0 Å². The van der Waals surface area contributed by atoms with Gasteiger partial charge in [0.1, 0.15) is 10.9 Å². The summed E-state index contributed by atoms with van der Waals surface area (Å²) in [5.41, 5.74) is 0. The zero-order valence-corrected chi connectivity index (χ0v) is 7.77. The maximum Gasteiger partial charge on any atom is 0.147 e. The lowest BCUT2D eigenvalue weighted by Crippen LogP contribution is -1.96. The molecule has 1 aromatic rings. The predicted octanol–water partition coefficient (Wildman–Crippen LogP) is 2.93. The number of aromatic nitrogens is 1. The van der Waals surface area contributed by atoms with Gasteiger partial charge in [-0.15, -0.1) is 0 Å². The maximum atomic E-state index is 5.74. The number of rotatable bonds is 2. The van der Waals surface area contributed by atoms with Crippen molar-refractivity contribution in [1.29, 1.82) is 0 Å². The van der Waals surface area contributed by atoms with Gasteiger partial charge in [-0.3, -0.25) is 0 Å². The Kier molecular flexibility index (Phi) is 2.11. The first-order valence-electron chi connectivity index (χ1n) is 3.73. The lowest BCUT2D eigenvalue weighted by Gasteiger charge is -2.03. The Morgan fingerprint density at radius 2 is 2.17 bits per heavy atom. The smallest absolute Gasteiger partial charge is 0.147 e. The molecule has 12 heavy (non-hydrogen) atoms. The Morgan fingerprint density at radius 1 is 1.42 bits per heavy atom. The minimum absolute atomic E-state index is 0.319. The summed E-state index contributed by atoms with van der Waals surface area (Å²) in [4.78, 5) is 3.87. The van der Waals surface area contributed by atoms with Crippen molar-refractivity contribution in [2.45, 2.75) is 18.9 Å². The SMILES string of the molecule is Clc1cc(OC2CC2)cnc1Cl. The molecule has 2 nitrogen and oxygen atoms in total. The number of nitrogens with zero attached hydrogens (tertiary/aromatic N) is 1.